The Morgan fingerprint density at radius 3 is 2.37 bits per heavy atom. The SMILES string of the molecule is CC(C)c1onc(-c2c(Cl)cccc2Cl)c1C(=O)O. The van der Waals surface area contributed by atoms with Gasteiger partial charge in [-0.05, 0) is 12.1 Å². The van der Waals surface area contributed by atoms with Crippen LogP contribution >= 0.6 is 23.2 Å². The van der Waals surface area contributed by atoms with Crippen LogP contribution in [0.25, 0.3) is 11.3 Å². The van der Waals surface area contributed by atoms with Crippen LogP contribution in [-0.2, 0) is 0 Å². The van der Waals surface area contributed by atoms with E-state index in [0.29, 0.717) is 21.4 Å². The van der Waals surface area contributed by atoms with E-state index >= 15 is 0 Å². The van der Waals surface area contributed by atoms with Crippen molar-refractivity contribution in [1.82, 2.24) is 5.16 Å². The first-order valence-corrected chi connectivity index (χ1v) is 6.36. The van der Waals surface area contributed by atoms with Crippen molar-refractivity contribution >= 4 is 29.2 Å². The number of hydrogen-bond acceptors (Lipinski definition) is 3. The molecule has 0 aliphatic heterocycles. The lowest BCUT2D eigenvalue weighted by atomic mass is 10.0. The van der Waals surface area contributed by atoms with Crippen LogP contribution in [0.2, 0.25) is 10.0 Å². The van der Waals surface area contributed by atoms with Crippen LogP contribution in [0.4, 0.5) is 0 Å². The van der Waals surface area contributed by atoms with E-state index < -0.39 is 5.97 Å². The molecular weight excluding hydrogens is 289 g/mol. The lowest BCUT2D eigenvalue weighted by molar-refractivity contribution is 0.0694. The first-order chi connectivity index (χ1) is 8.93. The molecule has 1 aromatic carbocycles. The van der Waals surface area contributed by atoms with Crippen LogP contribution in [0.1, 0.15) is 35.9 Å². The van der Waals surface area contributed by atoms with Gasteiger partial charge in [0.1, 0.15) is 11.3 Å². The molecule has 0 unspecified atom stereocenters. The number of carboxylic acid groups (broad SMARTS) is 1. The van der Waals surface area contributed by atoms with Crippen molar-refractivity contribution in [3.05, 3.63) is 39.6 Å². The van der Waals surface area contributed by atoms with Gasteiger partial charge < -0.3 is 9.63 Å². The van der Waals surface area contributed by atoms with E-state index in [0.717, 1.165) is 0 Å². The third-order valence-corrected chi connectivity index (χ3v) is 3.29. The van der Waals surface area contributed by atoms with E-state index in [2.05, 4.69) is 5.16 Å². The highest BCUT2D eigenvalue weighted by molar-refractivity contribution is 6.39. The van der Waals surface area contributed by atoms with Gasteiger partial charge in [0.25, 0.3) is 0 Å². The highest BCUT2D eigenvalue weighted by atomic mass is 35.5. The lowest BCUT2D eigenvalue weighted by Gasteiger charge is -2.05. The zero-order valence-electron chi connectivity index (χ0n) is 10.3. The summed E-state index contributed by atoms with van der Waals surface area (Å²) in [4.78, 5) is 11.4. The number of nitrogens with zero attached hydrogens (tertiary/aromatic N) is 1. The minimum absolute atomic E-state index is 0.00463. The minimum Gasteiger partial charge on any atom is -0.477 e. The van der Waals surface area contributed by atoms with Gasteiger partial charge >= 0.3 is 5.97 Å². The van der Waals surface area contributed by atoms with Gasteiger partial charge in [-0.25, -0.2) is 4.79 Å². The average molecular weight is 300 g/mol. The van der Waals surface area contributed by atoms with Gasteiger partial charge in [0.2, 0.25) is 0 Å². The Bertz CT molecular complexity index is 615. The molecule has 0 atom stereocenters. The summed E-state index contributed by atoms with van der Waals surface area (Å²) in [6.45, 7) is 3.65. The monoisotopic (exact) mass is 299 g/mol. The second kappa shape index (κ2) is 5.23. The third-order valence-electron chi connectivity index (χ3n) is 2.66. The largest absolute Gasteiger partial charge is 0.477 e. The predicted octanol–water partition coefficient (Wildman–Crippen LogP) is 4.47. The van der Waals surface area contributed by atoms with E-state index in [1.807, 2.05) is 13.8 Å². The van der Waals surface area contributed by atoms with E-state index in [9.17, 15) is 9.90 Å². The molecule has 0 bridgehead atoms. The van der Waals surface area contributed by atoms with Gasteiger partial charge in [-0.1, -0.05) is 48.3 Å². The standard InChI is InChI=1S/C13H11Cl2NO3/c1-6(2)12-10(13(17)18)11(16-19-12)9-7(14)4-3-5-8(9)15/h3-6H,1-2H3,(H,17,18). The van der Waals surface area contributed by atoms with Gasteiger partial charge in [-0.15, -0.1) is 0 Å². The quantitative estimate of drug-likeness (QED) is 0.908. The fraction of sp³-hybridized carbons (Fsp3) is 0.231. The summed E-state index contributed by atoms with van der Waals surface area (Å²) in [5, 5.41) is 13.8. The number of rotatable bonds is 3. The lowest BCUT2D eigenvalue weighted by Crippen LogP contribution is -2.03. The van der Waals surface area contributed by atoms with Crippen LogP contribution in [0, 0.1) is 0 Å². The zero-order chi connectivity index (χ0) is 14.2. The molecule has 0 amide bonds. The highest BCUT2D eigenvalue weighted by Gasteiger charge is 2.27. The van der Waals surface area contributed by atoms with Crippen LogP contribution in [0.3, 0.4) is 0 Å². The Balaban J connectivity index is 2.73. The smallest absolute Gasteiger partial charge is 0.341 e. The van der Waals surface area contributed by atoms with Crippen molar-refractivity contribution in [2.24, 2.45) is 0 Å². The van der Waals surface area contributed by atoms with Gasteiger partial charge in [0.15, 0.2) is 5.76 Å². The van der Waals surface area contributed by atoms with E-state index in [-0.39, 0.29) is 17.2 Å². The first-order valence-electron chi connectivity index (χ1n) is 5.60. The fourth-order valence-electron chi connectivity index (χ4n) is 1.80. The summed E-state index contributed by atoms with van der Waals surface area (Å²) in [6.07, 6.45) is 0. The van der Waals surface area contributed by atoms with Crippen molar-refractivity contribution in [2.45, 2.75) is 19.8 Å². The molecule has 2 aromatic rings. The summed E-state index contributed by atoms with van der Waals surface area (Å²) in [5.74, 6) is -0.914. The van der Waals surface area contributed by atoms with Crippen molar-refractivity contribution in [1.29, 1.82) is 0 Å². The van der Waals surface area contributed by atoms with Crippen molar-refractivity contribution in [3.63, 3.8) is 0 Å². The molecule has 1 aromatic heterocycles. The summed E-state index contributed by atoms with van der Waals surface area (Å²) >= 11 is 12.1. The molecule has 0 spiro atoms. The molecule has 0 radical (unpaired) electrons. The molecule has 0 saturated heterocycles. The Kier molecular flexibility index (Phi) is 3.83. The maximum atomic E-state index is 11.4. The first kappa shape index (κ1) is 13.9. The van der Waals surface area contributed by atoms with Crippen molar-refractivity contribution in [3.8, 4) is 11.3 Å². The normalized spacial score (nSPS) is 11.0. The number of carbonyl (C=O) groups is 1. The molecular formula is C13H11Cl2NO3. The zero-order valence-corrected chi connectivity index (χ0v) is 11.8. The number of halogens is 2. The van der Waals surface area contributed by atoms with Gasteiger partial charge in [0.05, 0.1) is 10.0 Å². The Morgan fingerprint density at radius 2 is 1.89 bits per heavy atom. The maximum Gasteiger partial charge on any atom is 0.341 e. The Morgan fingerprint density at radius 1 is 1.32 bits per heavy atom. The summed E-state index contributed by atoms with van der Waals surface area (Å²) in [7, 11) is 0. The fourth-order valence-corrected chi connectivity index (χ4v) is 2.37. The number of benzene rings is 1. The molecule has 0 saturated carbocycles. The predicted molar refractivity (Wildman–Crippen MR) is 73.0 cm³/mol. The molecule has 4 nitrogen and oxygen atoms in total. The number of carboxylic acids is 1. The Labute approximate surface area is 119 Å². The van der Waals surface area contributed by atoms with Crippen LogP contribution in [0.15, 0.2) is 22.7 Å². The molecule has 6 heteroatoms. The van der Waals surface area contributed by atoms with Crippen molar-refractivity contribution < 1.29 is 14.4 Å². The van der Waals surface area contributed by atoms with E-state index in [1.165, 1.54) is 0 Å². The van der Waals surface area contributed by atoms with Crippen molar-refractivity contribution in [2.75, 3.05) is 0 Å². The summed E-state index contributed by atoms with van der Waals surface area (Å²) in [6, 6.07) is 4.92. The van der Waals surface area contributed by atoms with Crippen LogP contribution in [-0.4, -0.2) is 16.2 Å². The second-order valence-corrected chi connectivity index (χ2v) is 5.14. The molecule has 0 aliphatic rings. The third kappa shape index (κ3) is 2.46. The summed E-state index contributed by atoms with van der Waals surface area (Å²) < 4.78 is 5.13. The highest BCUT2D eigenvalue weighted by Crippen LogP contribution is 2.38. The van der Waals surface area contributed by atoms with Gasteiger partial charge in [0, 0.05) is 11.5 Å². The molecule has 0 fully saturated rings. The summed E-state index contributed by atoms with van der Waals surface area (Å²) in [5.41, 5.74) is 0.538. The van der Waals surface area contributed by atoms with E-state index in [1.54, 1.807) is 18.2 Å². The average Bonchev–Trinajstić information content (AvgIpc) is 2.73. The van der Waals surface area contributed by atoms with Crippen LogP contribution in [0.5, 0.6) is 0 Å². The van der Waals surface area contributed by atoms with Gasteiger partial charge in [-0.2, -0.15) is 0 Å². The maximum absolute atomic E-state index is 11.4. The molecule has 1 N–H and O–H groups in total. The molecule has 2 rings (SSSR count). The Hall–Kier alpha value is -1.52. The second-order valence-electron chi connectivity index (χ2n) is 4.33. The van der Waals surface area contributed by atoms with E-state index in [4.69, 9.17) is 27.7 Å². The topological polar surface area (TPSA) is 63.3 Å². The number of hydrogen-bond donors (Lipinski definition) is 1. The molecule has 0 aliphatic carbocycles. The molecule has 1 heterocycles. The molecule has 19 heavy (non-hydrogen) atoms. The molecule has 100 valence electrons. The number of aromatic nitrogens is 1. The number of aromatic carboxylic acids is 1. The van der Waals surface area contributed by atoms with Crippen LogP contribution < -0.4 is 0 Å². The van der Waals surface area contributed by atoms with Gasteiger partial charge in [-0.3, -0.25) is 0 Å². The minimum atomic E-state index is -1.11.